The molecule has 0 bridgehead atoms. The third-order valence-electron chi connectivity index (χ3n) is 4.72. The van der Waals surface area contributed by atoms with Crippen molar-refractivity contribution in [2.24, 2.45) is 5.92 Å². The minimum atomic E-state index is -0.441. The van der Waals surface area contributed by atoms with Crippen molar-refractivity contribution < 1.29 is 19.2 Å². The van der Waals surface area contributed by atoms with E-state index in [4.69, 9.17) is 4.74 Å². The fourth-order valence-electron chi connectivity index (χ4n) is 3.23. The summed E-state index contributed by atoms with van der Waals surface area (Å²) in [5.74, 6) is -0.524. The van der Waals surface area contributed by atoms with Gasteiger partial charge in [-0.05, 0) is 36.7 Å². The third kappa shape index (κ3) is 5.49. The first kappa shape index (κ1) is 21.6. The standard InChI is InChI=1S/C20H22N4O5S/c1-13(25)21-20-22-17(8-5-14-3-6-16(7-4-14)24(27)28)18(30-20)12-23-10-9-15(11-23)19(26)29-2/h3-8,15H,9-12H2,1-2H3,(H,21,22,25)/b8-5-/t15-/m0/s1. The number of non-ortho nitro benzene ring substituents is 1. The fraction of sp³-hybridized carbons (Fsp3) is 0.350. The van der Waals surface area contributed by atoms with Crippen molar-refractivity contribution in [2.75, 3.05) is 25.5 Å². The Hall–Kier alpha value is -3.11. The number of anilines is 1. The summed E-state index contributed by atoms with van der Waals surface area (Å²) < 4.78 is 4.84. The molecule has 1 aromatic heterocycles. The second-order valence-corrected chi connectivity index (χ2v) is 8.02. The van der Waals surface area contributed by atoms with E-state index in [0.29, 0.717) is 23.9 Å². The van der Waals surface area contributed by atoms with E-state index in [2.05, 4.69) is 15.2 Å². The average Bonchev–Trinajstić information content (AvgIpc) is 3.33. The highest BCUT2D eigenvalue weighted by molar-refractivity contribution is 7.16. The summed E-state index contributed by atoms with van der Waals surface area (Å²) in [7, 11) is 1.40. The van der Waals surface area contributed by atoms with Crippen molar-refractivity contribution in [1.29, 1.82) is 0 Å². The minimum absolute atomic E-state index is 0.0311. The van der Waals surface area contributed by atoms with Gasteiger partial charge in [0.15, 0.2) is 5.13 Å². The molecule has 2 aromatic rings. The van der Waals surface area contributed by atoms with E-state index in [1.54, 1.807) is 12.1 Å². The zero-order valence-electron chi connectivity index (χ0n) is 16.7. The smallest absolute Gasteiger partial charge is 0.310 e. The number of rotatable bonds is 7. The number of hydrogen-bond donors (Lipinski definition) is 1. The number of aromatic nitrogens is 1. The van der Waals surface area contributed by atoms with E-state index < -0.39 is 4.92 Å². The van der Waals surface area contributed by atoms with Gasteiger partial charge in [-0.3, -0.25) is 24.6 Å². The number of ether oxygens (including phenoxy) is 1. The Morgan fingerprint density at radius 2 is 2.10 bits per heavy atom. The van der Waals surface area contributed by atoms with E-state index in [0.717, 1.165) is 23.4 Å². The lowest BCUT2D eigenvalue weighted by Crippen LogP contribution is -2.23. The Morgan fingerprint density at radius 3 is 2.73 bits per heavy atom. The first-order valence-corrected chi connectivity index (χ1v) is 10.2. The maximum atomic E-state index is 11.8. The predicted molar refractivity (Wildman–Crippen MR) is 114 cm³/mol. The number of hydrogen-bond acceptors (Lipinski definition) is 8. The molecular formula is C20H22N4O5S. The molecule has 1 N–H and O–H groups in total. The van der Waals surface area contributed by atoms with Crippen LogP contribution in [0.1, 0.15) is 29.5 Å². The highest BCUT2D eigenvalue weighted by atomic mass is 32.1. The van der Waals surface area contributed by atoms with Gasteiger partial charge in [-0.15, -0.1) is 0 Å². The van der Waals surface area contributed by atoms with E-state index in [1.807, 2.05) is 12.2 Å². The molecule has 9 nitrogen and oxygen atoms in total. The molecule has 0 radical (unpaired) electrons. The van der Waals surface area contributed by atoms with Gasteiger partial charge in [-0.2, -0.15) is 0 Å². The summed E-state index contributed by atoms with van der Waals surface area (Å²) in [4.78, 5) is 41.2. The number of nitrogens with zero attached hydrogens (tertiary/aromatic N) is 3. The summed E-state index contributed by atoms with van der Waals surface area (Å²) in [5.41, 5.74) is 1.54. The van der Waals surface area contributed by atoms with Crippen molar-refractivity contribution in [3.8, 4) is 0 Å². The molecule has 1 fully saturated rings. The average molecular weight is 430 g/mol. The van der Waals surface area contributed by atoms with Crippen LogP contribution in [0.25, 0.3) is 12.2 Å². The maximum Gasteiger partial charge on any atom is 0.310 e. The lowest BCUT2D eigenvalue weighted by Gasteiger charge is -2.14. The van der Waals surface area contributed by atoms with Crippen LogP contribution in [0, 0.1) is 16.0 Å². The van der Waals surface area contributed by atoms with Crippen LogP contribution in [0.3, 0.4) is 0 Å². The van der Waals surface area contributed by atoms with Crippen LogP contribution in [-0.2, 0) is 20.9 Å². The van der Waals surface area contributed by atoms with Crippen LogP contribution in [0.15, 0.2) is 24.3 Å². The number of carbonyl (C=O) groups excluding carboxylic acids is 2. The number of thiazole rings is 1. The van der Waals surface area contributed by atoms with Crippen LogP contribution < -0.4 is 5.32 Å². The molecule has 1 amide bonds. The van der Waals surface area contributed by atoms with E-state index in [9.17, 15) is 19.7 Å². The Kier molecular flexibility index (Phi) is 6.91. The topological polar surface area (TPSA) is 115 Å². The highest BCUT2D eigenvalue weighted by Crippen LogP contribution is 2.29. The molecule has 0 aliphatic carbocycles. The number of nitro groups is 1. The minimum Gasteiger partial charge on any atom is -0.469 e. The zero-order chi connectivity index (χ0) is 21.7. The molecule has 1 aliphatic heterocycles. The van der Waals surface area contributed by atoms with Crippen molar-refractivity contribution in [3.05, 3.63) is 50.5 Å². The molecule has 1 aromatic carbocycles. The number of likely N-dealkylation sites (tertiary alicyclic amines) is 1. The molecule has 2 heterocycles. The van der Waals surface area contributed by atoms with Crippen LogP contribution in [-0.4, -0.2) is 46.9 Å². The molecule has 0 spiro atoms. The van der Waals surface area contributed by atoms with Gasteiger partial charge >= 0.3 is 5.97 Å². The first-order valence-electron chi connectivity index (χ1n) is 9.35. The van der Waals surface area contributed by atoms with Crippen molar-refractivity contribution in [3.63, 3.8) is 0 Å². The first-order chi connectivity index (χ1) is 14.4. The van der Waals surface area contributed by atoms with E-state index >= 15 is 0 Å². The summed E-state index contributed by atoms with van der Waals surface area (Å²) in [6.07, 6.45) is 4.39. The van der Waals surface area contributed by atoms with Gasteiger partial charge in [0.05, 0.1) is 23.6 Å². The monoisotopic (exact) mass is 430 g/mol. The van der Waals surface area contributed by atoms with Gasteiger partial charge in [0.1, 0.15) is 0 Å². The largest absolute Gasteiger partial charge is 0.469 e. The van der Waals surface area contributed by atoms with Gasteiger partial charge in [-0.25, -0.2) is 4.98 Å². The van der Waals surface area contributed by atoms with Crippen LogP contribution in [0.5, 0.6) is 0 Å². The number of nitro benzene ring substituents is 1. The molecular weight excluding hydrogens is 408 g/mol. The SMILES string of the molecule is COC(=O)[C@H]1CCN(Cc2sc(NC(C)=O)nc2/C=C\c2ccc([N+](=O)[O-])cc2)C1. The number of carbonyl (C=O) groups is 2. The Morgan fingerprint density at radius 1 is 1.37 bits per heavy atom. The molecule has 1 saturated heterocycles. The molecule has 1 aliphatic rings. The van der Waals surface area contributed by atoms with Gasteiger partial charge < -0.3 is 10.1 Å². The van der Waals surface area contributed by atoms with Gasteiger partial charge in [0.2, 0.25) is 5.91 Å². The highest BCUT2D eigenvalue weighted by Gasteiger charge is 2.29. The Labute approximate surface area is 177 Å². The zero-order valence-corrected chi connectivity index (χ0v) is 17.5. The van der Waals surface area contributed by atoms with E-state index in [-0.39, 0.29) is 23.5 Å². The molecule has 0 unspecified atom stereocenters. The lowest BCUT2D eigenvalue weighted by molar-refractivity contribution is -0.384. The van der Waals surface area contributed by atoms with Gasteiger partial charge in [-0.1, -0.05) is 17.4 Å². The van der Waals surface area contributed by atoms with Crippen LogP contribution in [0.2, 0.25) is 0 Å². The number of amides is 1. The Balaban J connectivity index is 1.77. The molecule has 3 rings (SSSR count). The normalized spacial score (nSPS) is 16.7. The molecule has 158 valence electrons. The third-order valence-corrected chi connectivity index (χ3v) is 5.69. The number of benzene rings is 1. The van der Waals surface area contributed by atoms with Gasteiger partial charge in [0, 0.05) is 37.0 Å². The second kappa shape index (κ2) is 9.59. The van der Waals surface area contributed by atoms with E-state index in [1.165, 1.54) is 37.5 Å². The summed E-state index contributed by atoms with van der Waals surface area (Å²) in [6.45, 7) is 3.42. The summed E-state index contributed by atoms with van der Waals surface area (Å²) in [6, 6.07) is 6.22. The lowest BCUT2D eigenvalue weighted by atomic mass is 10.1. The molecule has 0 saturated carbocycles. The predicted octanol–water partition coefficient (Wildman–Crippen LogP) is 3.18. The van der Waals surface area contributed by atoms with Crippen molar-refractivity contribution in [2.45, 2.75) is 19.9 Å². The second-order valence-electron chi connectivity index (χ2n) is 6.93. The quantitative estimate of drug-likeness (QED) is 0.407. The number of nitrogens with one attached hydrogen (secondary N) is 1. The van der Waals surface area contributed by atoms with Crippen LogP contribution >= 0.6 is 11.3 Å². The fourth-order valence-corrected chi connectivity index (χ4v) is 4.27. The molecule has 30 heavy (non-hydrogen) atoms. The number of esters is 1. The van der Waals surface area contributed by atoms with Gasteiger partial charge in [0.25, 0.3) is 5.69 Å². The molecule has 1 atom stereocenters. The Bertz CT molecular complexity index is 970. The van der Waals surface area contributed by atoms with Crippen molar-refractivity contribution in [1.82, 2.24) is 9.88 Å². The summed E-state index contributed by atoms with van der Waals surface area (Å²) >= 11 is 1.39. The maximum absolute atomic E-state index is 11.8. The number of methoxy groups -OCH3 is 1. The summed E-state index contributed by atoms with van der Waals surface area (Å²) in [5, 5.41) is 14.0. The molecule has 10 heteroatoms. The van der Waals surface area contributed by atoms with Crippen molar-refractivity contribution >= 4 is 46.2 Å². The van der Waals surface area contributed by atoms with Crippen LogP contribution in [0.4, 0.5) is 10.8 Å².